The molecule has 0 fully saturated rings. The van der Waals surface area contributed by atoms with Gasteiger partial charge in [0, 0.05) is 24.4 Å². The minimum atomic E-state index is -0.787. The van der Waals surface area contributed by atoms with Gasteiger partial charge in [0.2, 0.25) is 5.91 Å². The van der Waals surface area contributed by atoms with Crippen molar-refractivity contribution < 1.29 is 24.2 Å². The lowest BCUT2D eigenvalue weighted by Gasteiger charge is -2.18. The van der Waals surface area contributed by atoms with Gasteiger partial charge in [-0.2, -0.15) is 0 Å². The second kappa shape index (κ2) is 4.59. The van der Waals surface area contributed by atoms with Crippen LogP contribution >= 0.6 is 0 Å². The quantitative estimate of drug-likeness (QED) is 0.644. The van der Waals surface area contributed by atoms with Crippen molar-refractivity contribution >= 4 is 28.6 Å². The number of phenols is 1. The summed E-state index contributed by atoms with van der Waals surface area (Å²) >= 11 is 0. The molecule has 6 nitrogen and oxygen atoms in total. The van der Waals surface area contributed by atoms with Crippen LogP contribution in [-0.4, -0.2) is 23.0 Å². The lowest BCUT2D eigenvalue weighted by atomic mass is 9.93. The third-order valence-corrected chi connectivity index (χ3v) is 3.39. The molecule has 1 amide bonds. The fraction of sp³-hybridized carbons (Fsp3) is 0.133. The van der Waals surface area contributed by atoms with E-state index in [1.807, 2.05) is 0 Å². The van der Waals surface area contributed by atoms with E-state index in [1.54, 1.807) is 18.2 Å². The maximum Gasteiger partial charge on any atom is 0.346 e. The predicted octanol–water partition coefficient (Wildman–Crippen LogP) is 1.49. The largest absolute Gasteiger partial charge is 0.508 e. The van der Waals surface area contributed by atoms with E-state index in [-0.39, 0.29) is 29.3 Å². The van der Waals surface area contributed by atoms with Crippen molar-refractivity contribution in [1.29, 1.82) is 0 Å². The zero-order chi connectivity index (χ0) is 15.1. The lowest BCUT2D eigenvalue weighted by molar-refractivity contribution is -0.119. The predicted molar refractivity (Wildman–Crippen MR) is 72.9 cm³/mol. The number of benzene rings is 2. The summed E-state index contributed by atoms with van der Waals surface area (Å²) in [5, 5.41) is 13.7. The molecule has 0 saturated carbocycles. The Hall–Kier alpha value is -2.89. The van der Waals surface area contributed by atoms with Gasteiger partial charge in [-0.1, -0.05) is 12.1 Å². The first-order chi connectivity index (χ1) is 9.99. The Labute approximate surface area is 119 Å². The molecule has 1 aliphatic rings. The highest BCUT2D eigenvalue weighted by Crippen LogP contribution is 2.35. The van der Waals surface area contributed by atoms with Crippen LogP contribution in [0.15, 0.2) is 24.3 Å². The summed E-state index contributed by atoms with van der Waals surface area (Å²) in [4.78, 5) is 34.6. The van der Waals surface area contributed by atoms with E-state index in [1.165, 1.54) is 13.0 Å². The Morgan fingerprint density at radius 3 is 2.67 bits per heavy atom. The van der Waals surface area contributed by atoms with Gasteiger partial charge in [-0.05, 0) is 17.5 Å². The highest BCUT2D eigenvalue weighted by atomic mass is 16.6. The molecule has 2 aromatic rings. The van der Waals surface area contributed by atoms with Crippen LogP contribution in [0.5, 0.6) is 5.75 Å². The standard InChI is InChI=1S/C15H11NO5/c1-7(17)16-6-11-8-3-2-4-9-13(8)10(5-12(11)18)15(20)21-14(9)19/h2-5,18H,6H2,1H3,(H,16,17). The van der Waals surface area contributed by atoms with Gasteiger partial charge in [-0.25, -0.2) is 9.59 Å². The number of aromatic hydroxyl groups is 1. The molecule has 0 aromatic heterocycles. The molecule has 2 aromatic carbocycles. The molecule has 1 aliphatic heterocycles. The molecule has 106 valence electrons. The summed E-state index contributed by atoms with van der Waals surface area (Å²) in [6.07, 6.45) is 0. The van der Waals surface area contributed by atoms with Crippen molar-refractivity contribution in [3.8, 4) is 5.75 Å². The van der Waals surface area contributed by atoms with Crippen LogP contribution < -0.4 is 5.32 Å². The highest BCUT2D eigenvalue weighted by molar-refractivity contribution is 6.21. The number of esters is 2. The molecule has 2 N–H and O–H groups in total. The number of carbonyl (C=O) groups is 3. The Morgan fingerprint density at radius 1 is 1.24 bits per heavy atom. The number of carbonyl (C=O) groups excluding carboxylic acids is 3. The summed E-state index contributed by atoms with van der Waals surface area (Å²) in [5.74, 6) is -1.88. The summed E-state index contributed by atoms with van der Waals surface area (Å²) in [6, 6.07) is 6.14. The number of hydrogen-bond acceptors (Lipinski definition) is 5. The van der Waals surface area contributed by atoms with Crippen molar-refractivity contribution in [2.24, 2.45) is 0 Å². The molecule has 0 bridgehead atoms. The highest BCUT2D eigenvalue weighted by Gasteiger charge is 2.29. The van der Waals surface area contributed by atoms with Gasteiger partial charge in [0.15, 0.2) is 0 Å². The first-order valence-electron chi connectivity index (χ1n) is 6.27. The lowest BCUT2D eigenvalue weighted by Crippen LogP contribution is -2.22. The Morgan fingerprint density at radius 2 is 1.95 bits per heavy atom. The molecule has 6 heteroatoms. The SMILES string of the molecule is CC(=O)NCc1c(O)cc2c3c(cccc13)C(=O)OC2=O. The first kappa shape index (κ1) is 13.1. The van der Waals surface area contributed by atoms with Crippen LogP contribution in [0, 0.1) is 0 Å². The molecule has 0 unspecified atom stereocenters. The Kier molecular flexibility index (Phi) is 2.86. The van der Waals surface area contributed by atoms with Gasteiger partial charge in [0.1, 0.15) is 5.75 Å². The van der Waals surface area contributed by atoms with Gasteiger partial charge in [-0.3, -0.25) is 4.79 Å². The van der Waals surface area contributed by atoms with E-state index in [2.05, 4.69) is 10.1 Å². The fourth-order valence-electron chi connectivity index (χ4n) is 2.45. The molecule has 21 heavy (non-hydrogen) atoms. The van der Waals surface area contributed by atoms with Gasteiger partial charge >= 0.3 is 11.9 Å². The fourth-order valence-corrected chi connectivity index (χ4v) is 2.45. The molecule has 0 saturated heterocycles. The van der Waals surface area contributed by atoms with E-state index in [0.717, 1.165) is 0 Å². The molecule has 0 radical (unpaired) electrons. The molecule has 3 rings (SSSR count). The summed E-state index contributed by atoms with van der Waals surface area (Å²) in [7, 11) is 0. The Balaban J connectivity index is 2.31. The monoisotopic (exact) mass is 285 g/mol. The minimum absolute atomic E-state index is 0.102. The maximum absolute atomic E-state index is 11.8. The molecular formula is C15H11NO5. The second-order valence-corrected chi connectivity index (χ2v) is 4.74. The Bertz CT molecular complexity index is 809. The second-order valence-electron chi connectivity index (χ2n) is 4.74. The van der Waals surface area contributed by atoms with E-state index in [9.17, 15) is 19.5 Å². The number of ether oxygens (including phenoxy) is 1. The van der Waals surface area contributed by atoms with Crippen LogP contribution in [-0.2, 0) is 16.1 Å². The first-order valence-corrected chi connectivity index (χ1v) is 6.27. The van der Waals surface area contributed by atoms with Gasteiger partial charge < -0.3 is 15.2 Å². The average Bonchev–Trinajstić information content (AvgIpc) is 2.43. The van der Waals surface area contributed by atoms with Crippen molar-refractivity contribution in [2.45, 2.75) is 13.5 Å². The number of cyclic esters (lactones) is 2. The van der Waals surface area contributed by atoms with E-state index in [0.29, 0.717) is 16.3 Å². The molecule has 0 atom stereocenters. The van der Waals surface area contributed by atoms with Gasteiger partial charge in [0.05, 0.1) is 11.1 Å². The summed E-state index contributed by atoms with van der Waals surface area (Å²) in [6.45, 7) is 1.47. The molecule has 0 spiro atoms. The molecular weight excluding hydrogens is 274 g/mol. The summed E-state index contributed by atoms with van der Waals surface area (Å²) in [5.41, 5.74) is 0.865. The average molecular weight is 285 g/mol. The van der Waals surface area contributed by atoms with Crippen molar-refractivity contribution in [1.82, 2.24) is 5.32 Å². The van der Waals surface area contributed by atoms with Gasteiger partial charge in [0.25, 0.3) is 0 Å². The number of phenolic OH excluding ortho intramolecular Hbond substituents is 1. The normalized spacial score (nSPS) is 13.2. The smallest absolute Gasteiger partial charge is 0.346 e. The van der Waals surface area contributed by atoms with Crippen LogP contribution in [0.2, 0.25) is 0 Å². The van der Waals surface area contributed by atoms with E-state index < -0.39 is 11.9 Å². The van der Waals surface area contributed by atoms with Crippen LogP contribution in [0.3, 0.4) is 0 Å². The number of amides is 1. The third kappa shape index (κ3) is 2.01. The molecule has 0 aliphatic carbocycles. The van der Waals surface area contributed by atoms with Crippen molar-refractivity contribution in [2.75, 3.05) is 0 Å². The van der Waals surface area contributed by atoms with Crippen molar-refractivity contribution in [3.05, 3.63) is 41.0 Å². The maximum atomic E-state index is 11.8. The van der Waals surface area contributed by atoms with E-state index >= 15 is 0 Å². The third-order valence-electron chi connectivity index (χ3n) is 3.39. The topological polar surface area (TPSA) is 92.7 Å². The zero-order valence-corrected chi connectivity index (χ0v) is 11.1. The number of nitrogens with one attached hydrogen (secondary N) is 1. The van der Waals surface area contributed by atoms with Gasteiger partial charge in [-0.15, -0.1) is 0 Å². The number of hydrogen-bond donors (Lipinski definition) is 2. The van der Waals surface area contributed by atoms with Crippen LogP contribution in [0.1, 0.15) is 33.2 Å². The number of rotatable bonds is 2. The summed E-state index contributed by atoms with van der Waals surface area (Å²) < 4.78 is 4.64. The van der Waals surface area contributed by atoms with E-state index in [4.69, 9.17) is 0 Å². The zero-order valence-electron chi connectivity index (χ0n) is 11.1. The van der Waals surface area contributed by atoms with Crippen LogP contribution in [0.25, 0.3) is 10.8 Å². The minimum Gasteiger partial charge on any atom is -0.508 e. The van der Waals surface area contributed by atoms with Crippen LogP contribution in [0.4, 0.5) is 0 Å². The van der Waals surface area contributed by atoms with Crippen molar-refractivity contribution in [3.63, 3.8) is 0 Å². The molecule has 1 heterocycles.